The molecule has 2 N–H and O–H groups in total. The Morgan fingerprint density at radius 2 is 2.31 bits per heavy atom. The van der Waals surface area contributed by atoms with E-state index in [2.05, 4.69) is 11.2 Å². The van der Waals surface area contributed by atoms with Gasteiger partial charge in [-0.2, -0.15) is 10.4 Å². The van der Waals surface area contributed by atoms with E-state index in [1.807, 2.05) is 20.8 Å². The Hall–Kier alpha value is -1.50. The molecule has 4 nitrogen and oxygen atoms in total. The summed E-state index contributed by atoms with van der Waals surface area (Å²) in [6.45, 7) is 6.17. The second-order valence-corrected chi connectivity index (χ2v) is 3.86. The summed E-state index contributed by atoms with van der Waals surface area (Å²) in [6.07, 6.45) is 1.76. The van der Waals surface area contributed by atoms with Crippen molar-refractivity contribution in [3.63, 3.8) is 0 Å². The lowest BCUT2D eigenvalue weighted by Crippen LogP contribution is -2.17. The van der Waals surface area contributed by atoms with Gasteiger partial charge in [-0.25, -0.2) is 0 Å². The lowest BCUT2D eigenvalue weighted by Gasteiger charge is -2.14. The van der Waals surface area contributed by atoms with Crippen LogP contribution < -0.4 is 5.73 Å². The van der Waals surface area contributed by atoms with E-state index in [1.165, 1.54) is 0 Å². The molecule has 0 bridgehead atoms. The summed E-state index contributed by atoms with van der Waals surface area (Å²) in [5.74, 6) is 0. The number of aryl methyl sites for hydroxylation is 1. The highest BCUT2D eigenvalue weighted by atomic mass is 15.3. The molecular weight excluding hydrogens is 164 g/mol. The lowest BCUT2D eigenvalue weighted by atomic mass is 9.96. The highest BCUT2D eigenvalue weighted by molar-refractivity contribution is 5.39. The van der Waals surface area contributed by atoms with Crippen molar-refractivity contribution in [2.75, 3.05) is 5.73 Å². The molecule has 1 aromatic heterocycles. The molecule has 0 fully saturated rings. The second-order valence-electron chi connectivity index (χ2n) is 3.86. The van der Waals surface area contributed by atoms with Crippen LogP contribution in [0.1, 0.15) is 19.5 Å². The minimum absolute atomic E-state index is 0.398. The van der Waals surface area contributed by atoms with Gasteiger partial charge in [-0.1, -0.05) is 0 Å². The van der Waals surface area contributed by atoms with Gasteiger partial charge in [0, 0.05) is 6.20 Å². The van der Waals surface area contributed by atoms with Crippen LogP contribution >= 0.6 is 0 Å². The SMILES string of the molecule is Cc1nn(CC(C)(C)C#N)cc1N. The van der Waals surface area contributed by atoms with Crippen LogP contribution in [0.15, 0.2) is 6.20 Å². The maximum Gasteiger partial charge on any atom is 0.0822 e. The standard InChI is InChI=1S/C9H14N4/c1-7-8(11)4-13(12-7)6-9(2,3)5-10/h4H,6,11H2,1-3H3. The Bertz CT molecular complexity index is 323. The van der Waals surface area contributed by atoms with Crippen LogP contribution in [0.2, 0.25) is 0 Å². The van der Waals surface area contributed by atoms with Gasteiger partial charge in [0.05, 0.1) is 29.4 Å². The van der Waals surface area contributed by atoms with Crippen molar-refractivity contribution in [3.05, 3.63) is 11.9 Å². The van der Waals surface area contributed by atoms with E-state index in [9.17, 15) is 0 Å². The fraction of sp³-hybridized carbons (Fsp3) is 0.556. The summed E-state index contributed by atoms with van der Waals surface area (Å²) in [4.78, 5) is 0. The molecule has 1 rings (SSSR count). The van der Waals surface area contributed by atoms with E-state index in [0.29, 0.717) is 12.2 Å². The predicted molar refractivity (Wildman–Crippen MR) is 50.8 cm³/mol. The zero-order valence-electron chi connectivity index (χ0n) is 8.20. The zero-order chi connectivity index (χ0) is 10.1. The minimum Gasteiger partial charge on any atom is -0.396 e. The monoisotopic (exact) mass is 178 g/mol. The molecule has 0 atom stereocenters. The molecule has 1 aromatic rings. The van der Waals surface area contributed by atoms with Gasteiger partial charge >= 0.3 is 0 Å². The van der Waals surface area contributed by atoms with E-state index in [-0.39, 0.29) is 0 Å². The number of nitrogens with zero attached hydrogens (tertiary/aromatic N) is 3. The van der Waals surface area contributed by atoms with Crippen LogP contribution in [0.3, 0.4) is 0 Å². The van der Waals surface area contributed by atoms with E-state index >= 15 is 0 Å². The third kappa shape index (κ3) is 2.22. The molecule has 0 radical (unpaired) electrons. The minimum atomic E-state index is -0.398. The van der Waals surface area contributed by atoms with Crippen molar-refractivity contribution in [3.8, 4) is 6.07 Å². The first kappa shape index (κ1) is 9.59. The Labute approximate surface area is 78.0 Å². The topological polar surface area (TPSA) is 67.6 Å². The summed E-state index contributed by atoms with van der Waals surface area (Å²) >= 11 is 0. The van der Waals surface area contributed by atoms with Gasteiger partial charge in [-0.15, -0.1) is 0 Å². The van der Waals surface area contributed by atoms with Crippen LogP contribution in [0, 0.1) is 23.7 Å². The summed E-state index contributed by atoms with van der Waals surface area (Å²) in [5.41, 5.74) is 6.73. The van der Waals surface area contributed by atoms with Crippen LogP contribution in [0.25, 0.3) is 0 Å². The first-order valence-electron chi connectivity index (χ1n) is 4.15. The molecule has 1 heterocycles. The zero-order valence-corrected chi connectivity index (χ0v) is 8.20. The van der Waals surface area contributed by atoms with E-state index < -0.39 is 5.41 Å². The van der Waals surface area contributed by atoms with Gasteiger partial charge in [-0.05, 0) is 20.8 Å². The lowest BCUT2D eigenvalue weighted by molar-refractivity contribution is 0.384. The number of nitrogen functional groups attached to an aromatic ring is 1. The Balaban J connectivity index is 2.82. The highest BCUT2D eigenvalue weighted by Crippen LogP contribution is 2.17. The fourth-order valence-electron chi connectivity index (χ4n) is 1.05. The molecule has 0 amide bonds. The van der Waals surface area contributed by atoms with E-state index in [0.717, 1.165) is 5.69 Å². The molecule has 0 aliphatic heterocycles. The number of nitrogens with two attached hydrogens (primary N) is 1. The number of anilines is 1. The van der Waals surface area contributed by atoms with Gasteiger partial charge in [0.15, 0.2) is 0 Å². The quantitative estimate of drug-likeness (QED) is 0.742. The maximum absolute atomic E-state index is 8.81. The smallest absolute Gasteiger partial charge is 0.0822 e. The molecule has 0 spiro atoms. The van der Waals surface area contributed by atoms with Crippen molar-refractivity contribution in [2.24, 2.45) is 5.41 Å². The van der Waals surface area contributed by atoms with E-state index in [1.54, 1.807) is 10.9 Å². The molecular formula is C9H14N4. The first-order valence-corrected chi connectivity index (χ1v) is 4.15. The van der Waals surface area contributed by atoms with Crippen molar-refractivity contribution < 1.29 is 0 Å². The van der Waals surface area contributed by atoms with E-state index in [4.69, 9.17) is 11.0 Å². The number of nitriles is 1. The molecule has 0 saturated heterocycles. The second kappa shape index (κ2) is 3.09. The Morgan fingerprint density at radius 1 is 1.69 bits per heavy atom. The summed E-state index contributed by atoms with van der Waals surface area (Å²) in [7, 11) is 0. The molecule has 70 valence electrons. The molecule has 0 saturated carbocycles. The van der Waals surface area contributed by atoms with Crippen LogP contribution in [-0.4, -0.2) is 9.78 Å². The summed E-state index contributed by atoms with van der Waals surface area (Å²) in [6, 6.07) is 2.22. The van der Waals surface area contributed by atoms with Crippen LogP contribution in [0.5, 0.6) is 0 Å². The average Bonchev–Trinajstić information content (AvgIpc) is 2.30. The number of rotatable bonds is 2. The highest BCUT2D eigenvalue weighted by Gasteiger charge is 2.18. The predicted octanol–water partition coefficient (Wildman–Crippen LogP) is 1.32. The van der Waals surface area contributed by atoms with Crippen LogP contribution in [0.4, 0.5) is 5.69 Å². The third-order valence-electron chi connectivity index (χ3n) is 1.84. The number of aromatic nitrogens is 2. The normalized spacial score (nSPS) is 11.2. The van der Waals surface area contributed by atoms with Gasteiger partial charge in [0.1, 0.15) is 0 Å². The molecule has 0 aliphatic rings. The molecule has 0 aliphatic carbocycles. The molecule has 0 unspecified atom stereocenters. The van der Waals surface area contributed by atoms with Gasteiger partial charge < -0.3 is 5.73 Å². The van der Waals surface area contributed by atoms with Gasteiger partial charge in [0.2, 0.25) is 0 Å². The van der Waals surface area contributed by atoms with Gasteiger partial charge in [0.25, 0.3) is 0 Å². The Morgan fingerprint density at radius 3 is 2.69 bits per heavy atom. The first-order chi connectivity index (χ1) is 5.94. The molecule has 4 heteroatoms. The van der Waals surface area contributed by atoms with Crippen molar-refractivity contribution in [1.82, 2.24) is 9.78 Å². The summed E-state index contributed by atoms with van der Waals surface area (Å²) < 4.78 is 1.72. The van der Waals surface area contributed by atoms with Crippen molar-refractivity contribution in [1.29, 1.82) is 5.26 Å². The van der Waals surface area contributed by atoms with Crippen LogP contribution in [-0.2, 0) is 6.54 Å². The molecule has 0 aromatic carbocycles. The maximum atomic E-state index is 8.81. The Kier molecular flexibility index (Phi) is 2.28. The van der Waals surface area contributed by atoms with Gasteiger partial charge in [-0.3, -0.25) is 4.68 Å². The third-order valence-corrected chi connectivity index (χ3v) is 1.84. The number of hydrogen-bond donors (Lipinski definition) is 1. The largest absolute Gasteiger partial charge is 0.396 e. The van der Waals surface area contributed by atoms with Crippen molar-refractivity contribution >= 4 is 5.69 Å². The average molecular weight is 178 g/mol. The number of hydrogen-bond acceptors (Lipinski definition) is 3. The fourth-order valence-corrected chi connectivity index (χ4v) is 1.05. The summed E-state index contributed by atoms with van der Waals surface area (Å²) in [5, 5.41) is 13.0. The molecule has 13 heavy (non-hydrogen) atoms. The van der Waals surface area contributed by atoms with Crippen molar-refractivity contribution in [2.45, 2.75) is 27.3 Å².